The van der Waals surface area contributed by atoms with E-state index in [1.54, 1.807) is 0 Å². The first-order valence-electron chi connectivity index (χ1n) is 9.08. The summed E-state index contributed by atoms with van der Waals surface area (Å²) in [5.41, 5.74) is 3.60. The van der Waals surface area contributed by atoms with Crippen molar-refractivity contribution in [2.45, 2.75) is 57.8 Å². The maximum absolute atomic E-state index is 10.9. The van der Waals surface area contributed by atoms with Gasteiger partial charge in [0, 0.05) is 0 Å². The van der Waals surface area contributed by atoms with E-state index in [-0.39, 0.29) is 6.42 Å². The van der Waals surface area contributed by atoms with E-state index in [2.05, 4.69) is 36.4 Å². The minimum atomic E-state index is -0.749. The van der Waals surface area contributed by atoms with Gasteiger partial charge in [-0.1, -0.05) is 80.3 Å². The van der Waals surface area contributed by atoms with Gasteiger partial charge in [0.25, 0.3) is 0 Å². The Hall–Kier alpha value is -2.09. The van der Waals surface area contributed by atoms with E-state index in [1.165, 1.54) is 49.7 Å². The van der Waals surface area contributed by atoms with Gasteiger partial charge in [-0.15, -0.1) is 0 Å². The SMILES string of the molecule is O=C(O)Cc1ccccc1CCCCCCCCc1ccccc1. The fourth-order valence-electron chi connectivity index (χ4n) is 3.13. The van der Waals surface area contributed by atoms with Crippen molar-refractivity contribution in [3.8, 4) is 0 Å². The Morgan fingerprint density at radius 1 is 0.667 bits per heavy atom. The number of carboxylic acid groups (broad SMARTS) is 1. The molecule has 24 heavy (non-hydrogen) atoms. The number of aliphatic carboxylic acids is 1. The predicted molar refractivity (Wildman–Crippen MR) is 99.3 cm³/mol. The highest BCUT2D eigenvalue weighted by Crippen LogP contribution is 2.15. The number of rotatable bonds is 11. The summed E-state index contributed by atoms with van der Waals surface area (Å²) in [6, 6.07) is 18.6. The number of carbonyl (C=O) groups is 1. The Labute approximate surface area is 145 Å². The molecule has 128 valence electrons. The first-order chi connectivity index (χ1) is 11.8. The molecule has 0 saturated heterocycles. The van der Waals surface area contributed by atoms with Crippen LogP contribution < -0.4 is 0 Å². The second kappa shape index (κ2) is 10.6. The van der Waals surface area contributed by atoms with Crippen molar-refractivity contribution in [1.29, 1.82) is 0 Å². The van der Waals surface area contributed by atoms with Crippen molar-refractivity contribution in [2.75, 3.05) is 0 Å². The second-order valence-corrected chi connectivity index (χ2v) is 6.45. The van der Waals surface area contributed by atoms with Crippen molar-refractivity contribution in [3.63, 3.8) is 0 Å². The van der Waals surface area contributed by atoms with E-state index in [0.717, 1.165) is 18.4 Å². The van der Waals surface area contributed by atoms with Crippen LogP contribution in [0.2, 0.25) is 0 Å². The largest absolute Gasteiger partial charge is 0.481 e. The molecule has 0 radical (unpaired) electrons. The van der Waals surface area contributed by atoms with Crippen molar-refractivity contribution < 1.29 is 9.90 Å². The van der Waals surface area contributed by atoms with Gasteiger partial charge < -0.3 is 5.11 Å². The first-order valence-corrected chi connectivity index (χ1v) is 9.08. The van der Waals surface area contributed by atoms with E-state index in [9.17, 15) is 4.79 Å². The van der Waals surface area contributed by atoms with Gasteiger partial charge in [0.1, 0.15) is 0 Å². The summed E-state index contributed by atoms with van der Waals surface area (Å²) >= 11 is 0. The summed E-state index contributed by atoms with van der Waals surface area (Å²) in [6.07, 6.45) is 9.82. The van der Waals surface area contributed by atoms with Crippen molar-refractivity contribution in [2.24, 2.45) is 0 Å². The molecule has 2 heteroatoms. The van der Waals surface area contributed by atoms with Crippen LogP contribution >= 0.6 is 0 Å². The average Bonchev–Trinajstić information content (AvgIpc) is 2.59. The number of benzene rings is 2. The lowest BCUT2D eigenvalue weighted by Gasteiger charge is -2.07. The predicted octanol–water partition coefficient (Wildman–Crippen LogP) is 5.44. The molecule has 0 heterocycles. The minimum Gasteiger partial charge on any atom is -0.481 e. The molecule has 0 amide bonds. The molecule has 0 spiro atoms. The van der Waals surface area contributed by atoms with Crippen LogP contribution in [0.15, 0.2) is 54.6 Å². The van der Waals surface area contributed by atoms with Crippen LogP contribution in [0.5, 0.6) is 0 Å². The normalized spacial score (nSPS) is 10.7. The Bertz CT molecular complexity index is 604. The molecular weight excluding hydrogens is 296 g/mol. The third-order valence-electron chi connectivity index (χ3n) is 4.46. The average molecular weight is 324 g/mol. The standard InChI is InChI=1S/C22H28O2/c23-22(24)18-21-17-11-10-16-20(21)15-9-4-2-1-3-6-12-19-13-7-5-8-14-19/h5,7-8,10-11,13-14,16-17H,1-4,6,9,12,15,18H2,(H,23,24). The van der Waals surface area contributed by atoms with Crippen LogP contribution in [0.1, 0.15) is 55.2 Å². The van der Waals surface area contributed by atoms with E-state index < -0.39 is 5.97 Å². The summed E-state index contributed by atoms with van der Waals surface area (Å²) in [5, 5.41) is 8.97. The number of aryl methyl sites for hydroxylation is 2. The van der Waals surface area contributed by atoms with Crippen LogP contribution in [0.3, 0.4) is 0 Å². The molecule has 0 aliphatic heterocycles. The highest BCUT2D eigenvalue weighted by Gasteiger charge is 2.05. The quantitative estimate of drug-likeness (QED) is 0.559. The third-order valence-corrected chi connectivity index (χ3v) is 4.46. The summed E-state index contributed by atoms with van der Waals surface area (Å²) in [5.74, 6) is -0.749. The number of carboxylic acids is 1. The lowest BCUT2D eigenvalue weighted by Crippen LogP contribution is -2.03. The molecule has 0 bridgehead atoms. The highest BCUT2D eigenvalue weighted by atomic mass is 16.4. The number of hydrogen-bond donors (Lipinski definition) is 1. The van der Waals surface area contributed by atoms with Crippen LogP contribution in [-0.4, -0.2) is 11.1 Å². The van der Waals surface area contributed by atoms with E-state index >= 15 is 0 Å². The van der Waals surface area contributed by atoms with Gasteiger partial charge in [-0.2, -0.15) is 0 Å². The zero-order valence-corrected chi connectivity index (χ0v) is 14.4. The molecule has 0 aliphatic rings. The fraction of sp³-hybridized carbons (Fsp3) is 0.409. The van der Waals surface area contributed by atoms with Crippen LogP contribution in [0.25, 0.3) is 0 Å². The lowest BCUT2D eigenvalue weighted by molar-refractivity contribution is -0.136. The molecule has 0 aliphatic carbocycles. The third kappa shape index (κ3) is 6.99. The van der Waals surface area contributed by atoms with Gasteiger partial charge in [0.05, 0.1) is 6.42 Å². The highest BCUT2D eigenvalue weighted by molar-refractivity contribution is 5.70. The summed E-state index contributed by atoms with van der Waals surface area (Å²) in [6.45, 7) is 0. The molecule has 0 saturated carbocycles. The lowest BCUT2D eigenvalue weighted by atomic mass is 9.98. The summed E-state index contributed by atoms with van der Waals surface area (Å²) in [4.78, 5) is 10.9. The van der Waals surface area contributed by atoms with Gasteiger partial charge in [-0.25, -0.2) is 0 Å². The minimum absolute atomic E-state index is 0.135. The molecule has 2 rings (SSSR count). The van der Waals surface area contributed by atoms with Crippen LogP contribution in [-0.2, 0) is 24.1 Å². The van der Waals surface area contributed by atoms with Crippen molar-refractivity contribution in [3.05, 3.63) is 71.3 Å². The van der Waals surface area contributed by atoms with Crippen molar-refractivity contribution >= 4 is 5.97 Å². The molecule has 1 N–H and O–H groups in total. The molecule has 2 aromatic rings. The van der Waals surface area contributed by atoms with E-state index in [4.69, 9.17) is 5.11 Å². The van der Waals surface area contributed by atoms with Gasteiger partial charge in [-0.05, 0) is 42.4 Å². The molecular formula is C22H28O2. The van der Waals surface area contributed by atoms with E-state index in [0.29, 0.717) is 0 Å². The van der Waals surface area contributed by atoms with Crippen LogP contribution in [0, 0.1) is 0 Å². The molecule has 0 fully saturated rings. The topological polar surface area (TPSA) is 37.3 Å². The van der Waals surface area contributed by atoms with Crippen LogP contribution in [0.4, 0.5) is 0 Å². The van der Waals surface area contributed by atoms with Gasteiger partial charge >= 0.3 is 5.97 Å². The fourth-order valence-corrected chi connectivity index (χ4v) is 3.13. The Kier molecular flexibility index (Phi) is 8.09. The van der Waals surface area contributed by atoms with Gasteiger partial charge in [-0.3, -0.25) is 4.79 Å². The summed E-state index contributed by atoms with van der Waals surface area (Å²) in [7, 11) is 0. The molecule has 0 aromatic heterocycles. The number of unbranched alkanes of at least 4 members (excludes halogenated alkanes) is 5. The maximum atomic E-state index is 10.9. The summed E-state index contributed by atoms with van der Waals surface area (Å²) < 4.78 is 0. The van der Waals surface area contributed by atoms with Gasteiger partial charge in [0.2, 0.25) is 0 Å². The van der Waals surface area contributed by atoms with E-state index in [1.807, 2.05) is 18.2 Å². The smallest absolute Gasteiger partial charge is 0.307 e. The monoisotopic (exact) mass is 324 g/mol. The number of hydrogen-bond acceptors (Lipinski definition) is 1. The molecule has 2 aromatic carbocycles. The Morgan fingerprint density at radius 2 is 1.21 bits per heavy atom. The maximum Gasteiger partial charge on any atom is 0.307 e. The second-order valence-electron chi connectivity index (χ2n) is 6.45. The molecule has 0 atom stereocenters. The molecule has 0 unspecified atom stereocenters. The Morgan fingerprint density at radius 3 is 1.88 bits per heavy atom. The first kappa shape index (κ1) is 18.3. The van der Waals surface area contributed by atoms with Crippen molar-refractivity contribution in [1.82, 2.24) is 0 Å². The van der Waals surface area contributed by atoms with Gasteiger partial charge in [0.15, 0.2) is 0 Å². The molecule has 2 nitrogen and oxygen atoms in total. The Balaban J connectivity index is 1.56. The zero-order chi connectivity index (χ0) is 17.0. The zero-order valence-electron chi connectivity index (χ0n) is 14.4.